The van der Waals surface area contributed by atoms with E-state index in [0.29, 0.717) is 19.6 Å². The lowest BCUT2D eigenvalue weighted by atomic mass is 10.1. The molecule has 0 radical (unpaired) electrons. The number of amides is 1. The van der Waals surface area contributed by atoms with Crippen LogP contribution in [0.4, 0.5) is 16.2 Å². The predicted molar refractivity (Wildman–Crippen MR) is 133 cm³/mol. The van der Waals surface area contributed by atoms with Gasteiger partial charge in [-0.1, -0.05) is 66.7 Å². The van der Waals surface area contributed by atoms with Gasteiger partial charge in [0.2, 0.25) is 0 Å². The van der Waals surface area contributed by atoms with Crippen LogP contribution >= 0.6 is 0 Å². The Labute approximate surface area is 198 Å². The Kier molecular flexibility index (Phi) is 7.22. The number of non-ortho nitro benzene ring substituents is 1. The number of nitrogens with zero attached hydrogens (tertiary/aromatic N) is 3. The minimum absolute atomic E-state index is 0.0626. The maximum Gasteiger partial charge on any atom is 0.407 e. The second kappa shape index (κ2) is 10.7. The first kappa shape index (κ1) is 23.0. The summed E-state index contributed by atoms with van der Waals surface area (Å²) >= 11 is 0. The third-order valence-corrected chi connectivity index (χ3v) is 6.05. The Morgan fingerprint density at radius 3 is 2.21 bits per heavy atom. The number of nitro benzene ring substituents is 1. The molecular weight excluding hydrogens is 430 g/mol. The van der Waals surface area contributed by atoms with Crippen molar-refractivity contribution in [2.24, 2.45) is 0 Å². The van der Waals surface area contributed by atoms with Gasteiger partial charge in [0.15, 0.2) is 0 Å². The van der Waals surface area contributed by atoms with Crippen LogP contribution in [0.15, 0.2) is 84.9 Å². The van der Waals surface area contributed by atoms with Crippen molar-refractivity contribution in [3.05, 3.63) is 112 Å². The van der Waals surface area contributed by atoms with E-state index in [1.807, 2.05) is 42.5 Å². The average molecular weight is 458 g/mol. The molecule has 4 rings (SSSR count). The van der Waals surface area contributed by atoms with Gasteiger partial charge >= 0.3 is 6.09 Å². The van der Waals surface area contributed by atoms with Crippen LogP contribution in [0.25, 0.3) is 6.08 Å². The molecule has 1 saturated heterocycles. The fourth-order valence-electron chi connectivity index (χ4n) is 4.23. The first-order valence-electron chi connectivity index (χ1n) is 11.3. The molecule has 3 aromatic rings. The molecule has 1 aliphatic rings. The molecule has 0 saturated carbocycles. The highest BCUT2D eigenvalue weighted by molar-refractivity contribution is 5.66. The molecule has 34 heavy (non-hydrogen) atoms. The van der Waals surface area contributed by atoms with Gasteiger partial charge in [0.1, 0.15) is 0 Å². The van der Waals surface area contributed by atoms with Crippen molar-refractivity contribution in [2.45, 2.75) is 32.0 Å². The Bertz CT molecular complexity index is 1140. The number of hydrogen-bond acceptors (Lipinski definition) is 4. The maximum atomic E-state index is 11.3. The molecule has 1 unspecified atom stereocenters. The molecule has 1 heterocycles. The third kappa shape index (κ3) is 5.81. The number of para-hydroxylation sites is 1. The van der Waals surface area contributed by atoms with E-state index >= 15 is 0 Å². The Hall–Kier alpha value is -4.13. The fraction of sp³-hybridized carbons (Fsp3) is 0.222. The zero-order valence-corrected chi connectivity index (χ0v) is 18.8. The first-order chi connectivity index (χ1) is 16.5. The molecule has 1 fully saturated rings. The monoisotopic (exact) mass is 457 g/mol. The van der Waals surface area contributed by atoms with Gasteiger partial charge in [-0.15, -0.1) is 0 Å². The van der Waals surface area contributed by atoms with Crippen LogP contribution < -0.4 is 4.90 Å². The topological polar surface area (TPSA) is 86.9 Å². The smallest absolute Gasteiger partial charge is 0.407 e. The van der Waals surface area contributed by atoms with Crippen molar-refractivity contribution in [3.8, 4) is 0 Å². The van der Waals surface area contributed by atoms with Crippen molar-refractivity contribution in [1.29, 1.82) is 0 Å². The van der Waals surface area contributed by atoms with E-state index in [1.165, 1.54) is 17.0 Å². The molecule has 3 aromatic carbocycles. The van der Waals surface area contributed by atoms with E-state index in [-0.39, 0.29) is 16.7 Å². The van der Waals surface area contributed by atoms with Crippen LogP contribution in [0.3, 0.4) is 0 Å². The summed E-state index contributed by atoms with van der Waals surface area (Å²) in [4.78, 5) is 25.6. The van der Waals surface area contributed by atoms with Gasteiger partial charge in [0.25, 0.3) is 5.69 Å². The molecule has 0 aliphatic carbocycles. The SMILES string of the molecule is O=C(O)N1CCCC1C=Cc1ccc(CN(Cc2ccc([N+](=O)[O-])cc2)c2ccccc2)cc1. The molecule has 0 spiro atoms. The summed E-state index contributed by atoms with van der Waals surface area (Å²) in [6, 6.07) is 24.9. The largest absolute Gasteiger partial charge is 0.465 e. The summed E-state index contributed by atoms with van der Waals surface area (Å²) in [6.45, 7) is 1.89. The molecule has 1 amide bonds. The van der Waals surface area contributed by atoms with Crippen LogP contribution in [0.2, 0.25) is 0 Å². The quantitative estimate of drug-likeness (QED) is 0.333. The summed E-state index contributed by atoms with van der Waals surface area (Å²) < 4.78 is 0. The number of hydrogen-bond donors (Lipinski definition) is 1. The molecule has 174 valence electrons. The number of rotatable bonds is 8. The second-order valence-electron chi connectivity index (χ2n) is 8.40. The van der Waals surface area contributed by atoms with E-state index in [2.05, 4.69) is 29.2 Å². The zero-order chi connectivity index (χ0) is 23.9. The summed E-state index contributed by atoms with van der Waals surface area (Å²) in [7, 11) is 0. The zero-order valence-electron chi connectivity index (χ0n) is 18.8. The van der Waals surface area contributed by atoms with E-state index in [4.69, 9.17) is 0 Å². The molecular formula is C27H27N3O4. The highest BCUT2D eigenvalue weighted by Crippen LogP contribution is 2.23. The molecule has 1 aliphatic heterocycles. The Morgan fingerprint density at radius 2 is 1.62 bits per heavy atom. The second-order valence-corrected chi connectivity index (χ2v) is 8.40. The number of carboxylic acid groups (broad SMARTS) is 1. The maximum absolute atomic E-state index is 11.3. The van der Waals surface area contributed by atoms with Crippen molar-refractivity contribution >= 4 is 23.5 Å². The van der Waals surface area contributed by atoms with Gasteiger partial charge in [-0.3, -0.25) is 10.1 Å². The van der Waals surface area contributed by atoms with Crippen LogP contribution in [-0.4, -0.2) is 33.6 Å². The molecule has 0 aromatic heterocycles. The standard InChI is InChI=1S/C27H27N3O4/c31-27(32)29-18-4-7-25(29)15-12-21-8-10-22(11-9-21)19-28(24-5-2-1-3-6-24)20-23-13-16-26(17-14-23)30(33)34/h1-3,5-6,8-17,25H,4,7,18-20H2,(H,31,32). The van der Waals surface area contributed by atoms with Gasteiger partial charge in [-0.2, -0.15) is 0 Å². The van der Waals surface area contributed by atoms with E-state index in [0.717, 1.165) is 35.2 Å². The van der Waals surface area contributed by atoms with E-state index < -0.39 is 6.09 Å². The minimum Gasteiger partial charge on any atom is -0.465 e. The summed E-state index contributed by atoms with van der Waals surface area (Å²) in [5.74, 6) is 0. The van der Waals surface area contributed by atoms with Gasteiger partial charge in [-0.25, -0.2) is 4.79 Å². The van der Waals surface area contributed by atoms with Gasteiger partial charge in [0, 0.05) is 37.5 Å². The highest BCUT2D eigenvalue weighted by atomic mass is 16.6. The number of carbonyl (C=O) groups is 1. The lowest BCUT2D eigenvalue weighted by Gasteiger charge is -2.25. The minimum atomic E-state index is -0.864. The molecule has 7 heteroatoms. The lowest BCUT2D eigenvalue weighted by molar-refractivity contribution is -0.384. The number of benzene rings is 3. The van der Waals surface area contributed by atoms with Crippen molar-refractivity contribution in [2.75, 3.05) is 11.4 Å². The fourth-order valence-corrected chi connectivity index (χ4v) is 4.23. The van der Waals surface area contributed by atoms with Gasteiger partial charge < -0.3 is 14.9 Å². The van der Waals surface area contributed by atoms with E-state index in [1.54, 1.807) is 12.1 Å². The van der Waals surface area contributed by atoms with Crippen molar-refractivity contribution in [3.63, 3.8) is 0 Å². The van der Waals surface area contributed by atoms with Crippen LogP contribution in [0.1, 0.15) is 29.5 Å². The molecule has 1 N–H and O–H groups in total. The van der Waals surface area contributed by atoms with Crippen LogP contribution in [0, 0.1) is 10.1 Å². The van der Waals surface area contributed by atoms with Crippen LogP contribution in [0.5, 0.6) is 0 Å². The molecule has 7 nitrogen and oxygen atoms in total. The Morgan fingerprint density at radius 1 is 1.00 bits per heavy atom. The summed E-state index contributed by atoms with van der Waals surface area (Å²) in [6.07, 6.45) is 4.85. The Balaban J connectivity index is 1.46. The number of nitro groups is 1. The van der Waals surface area contributed by atoms with Gasteiger partial charge in [0.05, 0.1) is 11.0 Å². The van der Waals surface area contributed by atoms with Gasteiger partial charge in [-0.05, 0) is 41.7 Å². The number of anilines is 1. The normalized spacial score (nSPS) is 15.5. The number of likely N-dealkylation sites (tertiary alicyclic amines) is 1. The summed E-state index contributed by atoms with van der Waals surface area (Å²) in [5.41, 5.74) is 4.31. The summed E-state index contributed by atoms with van der Waals surface area (Å²) in [5, 5.41) is 20.2. The highest BCUT2D eigenvalue weighted by Gasteiger charge is 2.26. The lowest BCUT2D eigenvalue weighted by Crippen LogP contribution is -2.32. The van der Waals surface area contributed by atoms with Crippen LogP contribution in [-0.2, 0) is 13.1 Å². The predicted octanol–water partition coefficient (Wildman–Crippen LogP) is 5.96. The van der Waals surface area contributed by atoms with E-state index in [9.17, 15) is 20.0 Å². The first-order valence-corrected chi connectivity index (χ1v) is 11.3. The molecule has 0 bridgehead atoms. The van der Waals surface area contributed by atoms with Crippen molar-refractivity contribution in [1.82, 2.24) is 4.90 Å². The third-order valence-electron chi connectivity index (χ3n) is 6.05. The van der Waals surface area contributed by atoms with Crippen molar-refractivity contribution < 1.29 is 14.8 Å². The molecule has 1 atom stereocenters. The average Bonchev–Trinajstić information content (AvgIpc) is 3.33.